The molecule has 0 aliphatic heterocycles. The van der Waals surface area contributed by atoms with Crippen molar-refractivity contribution in [2.24, 2.45) is 0 Å². The number of carbonyl (C=O) groups is 1. The largest absolute Gasteiger partial charge is 0.481 e. The van der Waals surface area contributed by atoms with E-state index < -0.39 is 5.97 Å². The first-order valence-electron chi connectivity index (χ1n) is 6.49. The minimum atomic E-state index is -0.792. The summed E-state index contributed by atoms with van der Waals surface area (Å²) in [5.74, 6) is -0.792. The number of benzene rings is 1. The lowest BCUT2D eigenvalue weighted by Gasteiger charge is -2.25. The number of nitrogens with two attached hydrogens (primary N) is 1. The van der Waals surface area contributed by atoms with Crippen LogP contribution in [0.5, 0.6) is 0 Å². The van der Waals surface area contributed by atoms with E-state index >= 15 is 0 Å². The van der Waals surface area contributed by atoms with Crippen LogP contribution in [-0.2, 0) is 11.2 Å². The zero-order valence-electron chi connectivity index (χ0n) is 11.2. The van der Waals surface area contributed by atoms with Crippen LogP contribution in [-0.4, -0.2) is 24.2 Å². The number of nitrogen functional groups attached to an aromatic ring is 1. The second-order valence-corrected chi connectivity index (χ2v) is 5.35. The van der Waals surface area contributed by atoms with Gasteiger partial charge in [0.1, 0.15) is 0 Å². The van der Waals surface area contributed by atoms with Crippen LogP contribution in [0.4, 0.5) is 11.4 Å². The Morgan fingerprint density at radius 2 is 2.05 bits per heavy atom. The van der Waals surface area contributed by atoms with Crippen molar-refractivity contribution < 1.29 is 9.90 Å². The summed E-state index contributed by atoms with van der Waals surface area (Å²) in [7, 11) is 0. The predicted octanol–water partition coefficient (Wildman–Crippen LogP) is 2.85. The maximum atomic E-state index is 10.8. The highest BCUT2D eigenvalue weighted by molar-refractivity contribution is 7.07. The van der Waals surface area contributed by atoms with Gasteiger partial charge in [-0.15, -0.1) is 0 Å². The topological polar surface area (TPSA) is 66.6 Å². The molecular weight excluding hydrogens is 272 g/mol. The summed E-state index contributed by atoms with van der Waals surface area (Å²) < 4.78 is 0. The average molecular weight is 290 g/mol. The molecular formula is C15H18N2O2S. The molecule has 0 amide bonds. The molecule has 0 unspecified atom stereocenters. The zero-order chi connectivity index (χ0) is 14.4. The molecule has 0 saturated heterocycles. The van der Waals surface area contributed by atoms with Crippen molar-refractivity contribution in [1.29, 1.82) is 0 Å². The molecule has 0 saturated carbocycles. The molecule has 3 N–H and O–H groups in total. The average Bonchev–Trinajstić information content (AvgIpc) is 2.93. The summed E-state index contributed by atoms with van der Waals surface area (Å²) in [6, 6.07) is 9.67. The third-order valence-electron chi connectivity index (χ3n) is 3.12. The third kappa shape index (κ3) is 3.99. The van der Waals surface area contributed by atoms with E-state index in [4.69, 9.17) is 10.8 Å². The number of rotatable bonds is 7. The first-order valence-corrected chi connectivity index (χ1v) is 7.43. The van der Waals surface area contributed by atoms with E-state index in [1.54, 1.807) is 11.3 Å². The van der Waals surface area contributed by atoms with Crippen molar-refractivity contribution in [2.45, 2.75) is 12.8 Å². The van der Waals surface area contributed by atoms with Crippen molar-refractivity contribution in [3.63, 3.8) is 0 Å². The smallest absolute Gasteiger partial charge is 0.305 e. The maximum Gasteiger partial charge on any atom is 0.305 e. The van der Waals surface area contributed by atoms with Crippen LogP contribution in [0, 0.1) is 0 Å². The minimum absolute atomic E-state index is 0.109. The molecule has 4 nitrogen and oxygen atoms in total. The van der Waals surface area contributed by atoms with E-state index in [1.165, 1.54) is 5.56 Å². The van der Waals surface area contributed by atoms with E-state index in [1.807, 2.05) is 34.5 Å². The minimum Gasteiger partial charge on any atom is -0.481 e. The fraction of sp³-hybridized carbons (Fsp3) is 0.267. The molecule has 106 valence electrons. The van der Waals surface area contributed by atoms with Crippen molar-refractivity contribution in [3.8, 4) is 0 Å². The molecule has 0 fully saturated rings. The lowest BCUT2D eigenvalue weighted by Crippen LogP contribution is -2.29. The van der Waals surface area contributed by atoms with E-state index in [2.05, 4.69) is 11.4 Å². The first kappa shape index (κ1) is 14.4. The summed E-state index contributed by atoms with van der Waals surface area (Å²) in [4.78, 5) is 12.8. The van der Waals surface area contributed by atoms with Crippen molar-refractivity contribution >= 4 is 28.7 Å². The number of hydrogen-bond donors (Lipinski definition) is 2. The number of anilines is 2. The van der Waals surface area contributed by atoms with Crippen LogP contribution < -0.4 is 10.6 Å². The number of carboxylic acid groups (broad SMARTS) is 1. The Morgan fingerprint density at radius 1 is 1.25 bits per heavy atom. The van der Waals surface area contributed by atoms with Crippen LogP contribution in [0.25, 0.3) is 0 Å². The highest BCUT2D eigenvalue weighted by atomic mass is 32.1. The fourth-order valence-corrected chi connectivity index (χ4v) is 2.76. The quantitative estimate of drug-likeness (QED) is 0.770. The molecule has 5 heteroatoms. The number of para-hydroxylation sites is 2. The maximum absolute atomic E-state index is 10.8. The Kier molecular flexibility index (Phi) is 5.01. The number of hydrogen-bond acceptors (Lipinski definition) is 4. The van der Waals surface area contributed by atoms with Gasteiger partial charge in [0.25, 0.3) is 0 Å². The highest BCUT2D eigenvalue weighted by Gasteiger charge is 2.11. The molecule has 0 bridgehead atoms. The van der Waals surface area contributed by atoms with Crippen LogP contribution >= 0.6 is 11.3 Å². The van der Waals surface area contributed by atoms with Crippen molar-refractivity contribution in [1.82, 2.24) is 0 Å². The molecule has 0 aliphatic carbocycles. The van der Waals surface area contributed by atoms with Gasteiger partial charge in [-0.25, -0.2) is 0 Å². The predicted molar refractivity (Wildman–Crippen MR) is 83.3 cm³/mol. The SMILES string of the molecule is Nc1ccccc1N(CCC(=O)O)CCc1ccsc1. The Hall–Kier alpha value is -2.01. The van der Waals surface area contributed by atoms with Gasteiger partial charge in [0.15, 0.2) is 0 Å². The number of nitrogens with zero attached hydrogens (tertiary/aromatic N) is 1. The van der Waals surface area contributed by atoms with Crippen LogP contribution in [0.1, 0.15) is 12.0 Å². The number of carboxylic acids is 1. The van der Waals surface area contributed by atoms with Gasteiger partial charge >= 0.3 is 5.97 Å². The van der Waals surface area contributed by atoms with Gasteiger partial charge in [0, 0.05) is 13.1 Å². The number of aliphatic carboxylic acids is 1. The van der Waals surface area contributed by atoms with Gasteiger partial charge < -0.3 is 15.7 Å². The van der Waals surface area contributed by atoms with E-state index in [-0.39, 0.29) is 6.42 Å². The van der Waals surface area contributed by atoms with Gasteiger partial charge in [-0.3, -0.25) is 4.79 Å². The van der Waals surface area contributed by atoms with Gasteiger partial charge in [0.05, 0.1) is 17.8 Å². The molecule has 0 aliphatic rings. The Balaban J connectivity index is 2.07. The monoisotopic (exact) mass is 290 g/mol. The first-order chi connectivity index (χ1) is 9.66. The second kappa shape index (κ2) is 6.96. The Labute approximate surface area is 122 Å². The van der Waals surface area contributed by atoms with E-state index in [9.17, 15) is 4.79 Å². The molecule has 0 radical (unpaired) electrons. The normalized spacial score (nSPS) is 10.4. The molecule has 2 rings (SSSR count). The summed E-state index contributed by atoms with van der Waals surface area (Å²) in [5.41, 5.74) is 8.85. The number of thiophene rings is 1. The second-order valence-electron chi connectivity index (χ2n) is 4.57. The van der Waals surface area contributed by atoms with Crippen molar-refractivity contribution in [2.75, 3.05) is 23.7 Å². The van der Waals surface area contributed by atoms with Crippen LogP contribution in [0.2, 0.25) is 0 Å². The fourth-order valence-electron chi connectivity index (χ4n) is 2.06. The Bertz CT molecular complexity index is 555. The summed E-state index contributed by atoms with van der Waals surface area (Å²) in [6.45, 7) is 1.23. The van der Waals surface area contributed by atoms with Crippen LogP contribution in [0.3, 0.4) is 0 Å². The van der Waals surface area contributed by atoms with E-state index in [0.717, 1.165) is 18.7 Å². The van der Waals surface area contributed by atoms with Gasteiger partial charge in [0.2, 0.25) is 0 Å². The van der Waals surface area contributed by atoms with Crippen LogP contribution in [0.15, 0.2) is 41.1 Å². The highest BCUT2D eigenvalue weighted by Crippen LogP contribution is 2.23. The lowest BCUT2D eigenvalue weighted by atomic mass is 10.2. The zero-order valence-corrected chi connectivity index (χ0v) is 12.0. The Morgan fingerprint density at radius 3 is 2.70 bits per heavy atom. The molecule has 1 aromatic carbocycles. The molecule has 2 aromatic rings. The van der Waals surface area contributed by atoms with Gasteiger partial charge in [-0.2, -0.15) is 11.3 Å². The van der Waals surface area contributed by atoms with Crippen molar-refractivity contribution in [3.05, 3.63) is 46.7 Å². The molecule has 1 heterocycles. The summed E-state index contributed by atoms with van der Waals surface area (Å²) in [5, 5.41) is 13.0. The third-order valence-corrected chi connectivity index (χ3v) is 3.86. The molecule has 0 atom stereocenters. The lowest BCUT2D eigenvalue weighted by molar-refractivity contribution is -0.136. The molecule has 20 heavy (non-hydrogen) atoms. The van der Waals surface area contributed by atoms with E-state index in [0.29, 0.717) is 12.2 Å². The standard InChI is InChI=1S/C15H18N2O2S/c16-13-3-1-2-4-14(13)17(9-6-15(18)19)8-5-12-7-10-20-11-12/h1-4,7,10-11H,5-6,8-9,16H2,(H,18,19). The van der Waals surface area contributed by atoms with Gasteiger partial charge in [-0.1, -0.05) is 12.1 Å². The molecule has 0 spiro atoms. The summed E-state index contributed by atoms with van der Waals surface area (Å²) in [6.07, 6.45) is 0.995. The summed E-state index contributed by atoms with van der Waals surface area (Å²) >= 11 is 1.67. The van der Waals surface area contributed by atoms with Gasteiger partial charge in [-0.05, 0) is 40.9 Å². The molecule has 1 aromatic heterocycles.